The monoisotopic (exact) mass is 291 g/mol. The molecule has 1 fully saturated rings. The molecule has 0 bridgehead atoms. The molecule has 1 aromatic rings. The van der Waals surface area contributed by atoms with Gasteiger partial charge in [0.1, 0.15) is 5.69 Å². The SMILES string of the molecule is CC(=O)c1cc(C(=O)NCCCN2CCCCC2)n(C)c1. The number of likely N-dealkylation sites (tertiary alicyclic amines) is 1. The van der Waals surface area contributed by atoms with E-state index in [2.05, 4.69) is 10.2 Å². The number of rotatable bonds is 6. The molecule has 0 aromatic carbocycles. The first-order valence-electron chi connectivity index (χ1n) is 7.76. The molecular weight excluding hydrogens is 266 g/mol. The third kappa shape index (κ3) is 4.43. The summed E-state index contributed by atoms with van der Waals surface area (Å²) in [7, 11) is 1.79. The van der Waals surface area contributed by atoms with Crippen molar-refractivity contribution in [3.63, 3.8) is 0 Å². The number of aromatic nitrogens is 1. The van der Waals surface area contributed by atoms with Gasteiger partial charge in [-0.15, -0.1) is 0 Å². The molecule has 1 amide bonds. The number of aryl methyl sites for hydroxylation is 1. The summed E-state index contributed by atoms with van der Waals surface area (Å²) in [6.45, 7) is 5.61. The molecule has 0 saturated carbocycles. The zero-order valence-corrected chi connectivity index (χ0v) is 13.0. The Bertz CT molecular complexity index is 502. The number of amides is 1. The average Bonchev–Trinajstić information content (AvgIpc) is 2.87. The zero-order valence-electron chi connectivity index (χ0n) is 13.0. The second-order valence-electron chi connectivity index (χ2n) is 5.79. The van der Waals surface area contributed by atoms with Crippen molar-refractivity contribution >= 4 is 11.7 Å². The van der Waals surface area contributed by atoms with Crippen LogP contribution in [-0.2, 0) is 7.05 Å². The first-order valence-corrected chi connectivity index (χ1v) is 7.76. The number of ketones is 1. The van der Waals surface area contributed by atoms with Crippen molar-refractivity contribution in [1.82, 2.24) is 14.8 Å². The van der Waals surface area contributed by atoms with E-state index in [0.717, 1.165) is 13.0 Å². The fraction of sp³-hybridized carbons (Fsp3) is 0.625. The third-order valence-electron chi connectivity index (χ3n) is 4.03. The molecule has 2 heterocycles. The molecule has 0 radical (unpaired) electrons. The van der Waals surface area contributed by atoms with E-state index in [1.54, 1.807) is 23.9 Å². The van der Waals surface area contributed by atoms with Crippen molar-refractivity contribution in [2.24, 2.45) is 7.05 Å². The average molecular weight is 291 g/mol. The maximum Gasteiger partial charge on any atom is 0.267 e. The minimum absolute atomic E-state index is 0.0188. The van der Waals surface area contributed by atoms with Gasteiger partial charge in [-0.1, -0.05) is 6.42 Å². The van der Waals surface area contributed by atoms with Crippen LogP contribution >= 0.6 is 0 Å². The van der Waals surface area contributed by atoms with Gasteiger partial charge in [-0.3, -0.25) is 9.59 Å². The largest absolute Gasteiger partial charge is 0.351 e. The first-order chi connectivity index (χ1) is 10.1. The summed E-state index contributed by atoms with van der Waals surface area (Å²) in [5.41, 5.74) is 1.12. The number of carbonyl (C=O) groups excluding carboxylic acids is 2. The Morgan fingerprint density at radius 2 is 1.95 bits per heavy atom. The Morgan fingerprint density at radius 3 is 2.57 bits per heavy atom. The van der Waals surface area contributed by atoms with Gasteiger partial charge in [-0.05, 0) is 51.9 Å². The quantitative estimate of drug-likeness (QED) is 0.642. The molecule has 1 N–H and O–H groups in total. The second-order valence-corrected chi connectivity index (χ2v) is 5.79. The molecule has 0 atom stereocenters. The molecule has 0 aliphatic carbocycles. The Labute approximate surface area is 126 Å². The number of Topliss-reactive ketones (excluding diaryl/α,β-unsaturated/α-hetero) is 1. The fourth-order valence-corrected chi connectivity index (χ4v) is 2.76. The molecule has 1 saturated heterocycles. The Kier molecular flexibility index (Phi) is 5.56. The summed E-state index contributed by atoms with van der Waals surface area (Å²) >= 11 is 0. The lowest BCUT2D eigenvalue weighted by atomic mass is 10.1. The van der Waals surface area contributed by atoms with Crippen LogP contribution in [0.4, 0.5) is 0 Å². The van der Waals surface area contributed by atoms with Gasteiger partial charge in [-0.25, -0.2) is 0 Å². The maximum atomic E-state index is 12.1. The van der Waals surface area contributed by atoms with Crippen LogP contribution in [0, 0.1) is 0 Å². The van der Waals surface area contributed by atoms with Gasteiger partial charge in [0.2, 0.25) is 0 Å². The summed E-state index contributed by atoms with van der Waals surface area (Å²) in [4.78, 5) is 25.9. The number of nitrogens with zero attached hydrogens (tertiary/aromatic N) is 2. The van der Waals surface area contributed by atoms with Crippen LogP contribution in [-0.4, -0.2) is 47.3 Å². The molecule has 1 aliphatic heterocycles. The van der Waals surface area contributed by atoms with Crippen molar-refractivity contribution in [1.29, 1.82) is 0 Å². The smallest absolute Gasteiger partial charge is 0.267 e. The predicted molar refractivity (Wildman–Crippen MR) is 82.7 cm³/mol. The molecule has 1 aliphatic rings. The van der Waals surface area contributed by atoms with Crippen molar-refractivity contribution in [2.45, 2.75) is 32.6 Å². The van der Waals surface area contributed by atoms with Gasteiger partial charge in [0, 0.05) is 25.4 Å². The summed E-state index contributed by atoms with van der Waals surface area (Å²) < 4.78 is 1.71. The summed E-state index contributed by atoms with van der Waals surface area (Å²) in [5, 5.41) is 2.93. The normalized spacial score (nSPS) is 15.9. The highest BCUT2D eigenvalue weighted by atomic mass is 16.2. The lowest BCUT2D eigenvalue weighted by Gasteiger charge is -2.26. The van der Waals surface area contributed by atoms with Crippen LogP contribution in [0.5, 0.6) is 0 Å². The third-order valence-corrected chi connectivity index (χ3v) is 4.03. The lowest BCUT2D eigenvalue weighted by molar-refractivity contribution is 0.0942. The van der Waals surface area contributed by atoms with E-state index in [1.165, 1.54) is 39.3 Å². The number of piperidine rings is 1. The summed E-state index contributed by atoms with van der Waals surface area (Å²) in [6.07, 6.45) is 6.60. The standard InChI is InChI=1S/C16H25N3O2/c1-13(20)14-11-15(18(2)12-14)16(21)17-7-6-10-19-8-4-3-5-9-19/h11-12H,3-10H2,1-2H3,(H,17,21). The molecule has 0 spiro atoms. The Balaban J connectivity index is 1.75. The van der Waals surface area contributed by atoms with Crippen LogP contribution in [0.15, 0.2) is 12.3 Å². The minimum atomic E-state index is -0.108. The number of carbonyl (C=O) groups is 2. The fourth-order valence-electron chi connectivity index (χ4n) is 2.76. The van der Waals surface area contributed by atoms with Crippen LogP contribution in [0.3, 0.4) is 0 Å². The van der Waals surface area contributed by atoms with Gasteiger partial charge in [0.25, 0.3) is 5.91 Å². The molecule has 2 rings (SSSR count). The van der Waals surface area contributed by atoms with E-state index in [4.69, 9.17) is 0 Å². The molecule has 0 unspecified atom stereocenters. The molecule has 116 valence electrons. The molecule has 21 heavy (non-hydrogen) atoms. The van der Waals surface area contributed by atoms with Crippen LogP contribution in [0.25, 0.3) is 0 Å². The van der Waals surface area contributed by atoms with Crippen molar-refractivity contribution in [3.8, 4) is 0 Å². The van der Waals surface area contributed by atoms with Gasteiger partial charge in [0.15, 0.2) is 5.78 Å². The molecule has 5 nitrogen and oxygen atoms in total. The highest BCUT2D eigenvalue weighted by Crippen LogP contribution is 2.09. The topological polar surface area (TPSA) is 54.3 Å². The number of hydrogen-bond donors (Lipinski definition) is 1. The first kappa shape index (κ1) is 15.8. The Hall–Kier alpha value is -1.62. The molecule has 5 heteroatoms. The van der Waals surface area contributed by atoms with E-state index in [0.29, 0.717) is 17.8 Å². The van der Waals surface area contributed by atoms with E-state index >= 15 is 0 Å². The van der Waals surface area contributed by atoms with E-state index in [1.807, 2.05) is 0 Å². The van der Waals surface area contributed by atoms with E-state index in [9.17, 15) is 9.59 Å². The van der Waals surface area contributed by atoms with E-state index in [-0.39, 0.29) is 11.7 Å². The maximum absolute atomic E-state index is 12.1. The Morgan fingerprint density at radius 1 is 1.24 bits per heavy atom. The van der Waals surface area contributed by atoms with Crippen molar-refractivity contribution < 1.29 is 9.59 Å². The van der Waals surface area contributed by atoms with Gasteiger partial charge < -0.3 is 14.8 Å². The van der Waals surface area contributed by atoms with Gasteiger partial charge in [-0.2, -0.15) is 0 Å². The van der Waals surface area contributed by atoms with Crippen LogP contribution in [0.2, 0.25) is 0 Å². The predicted octanol–water partition coefficient (Wildman–Crippen LogP) is 1.83. The molecular formula is C16H25N3O2. The lowest BCUT2D eigenvalue weighted by Crippen LogP contribution is -2.33. The highest BCUT2D eigenvalue weighted by Gasteiger charge is 2.14. The van der Waals surface area contributed by atoms with Crippen molar-refractivity contribution in [2.75, 3.05) is 26.2 Å². The summed E-state index contributed by atoms with van der Waals surface area (Å²) in [6, 6.07) is 1.66. The van der Waals surface area contributed by atoms with Gasteiger partial charge in [0.05, 0.1) is 0 Å². The second kappa shape index (κ2) is 7.41. The zero-order chi connectivity index (χ0) is 15.2. The van der Waals surface area contributed by atoms with Gasteiger partial charge >= 0.3 is 0 Å². The van der Waals surface area contributed by atoms with E-state index < -0.39 is 0 Å². The molecule has 1 aromatic heterocycles. The number of nitrogens with one attached hydrogen (secondary N) is 1. The number of hydrogen-bond acceptors (Lipinski definition) is 3. The summed E-state index contributed by atoms with van der Waals surface area (Å²) in [5.74, 6) is -0.126. The highest BCUT2D eigenvalue weighted by molar-refractivity contribution is 5.99. The minimum Gasteiger partial charge on any atom is -0.351 e. The van der Waals surface area contributed by atoms with Crippen molar-refractivity contribution in [3.05, 3.63) is 23.5 Å². The van der Waals surface area contributed by atoms with Crippen LogP contribution in [0.1, 0.15) is 53.5 Å². The van der Waals surface area contributed by atoms with Crippen LogP contribution < -0.4 is 5.32 Å².